The molecule has 32 heavy (non-hydrogen) atoms. The van der Waals surface area contributed by atoms with Gasteiger partial charge >= 0.3 is 18.0 Å². The minimum absolute atomic E-state index is 0.228. The van der Waals surface area contributed by atoms with Crippen LogP contribution < -0.4 is 0 Å². The van der Waals surface area contributed by atoms with E-state index in [-0.39, 0.29) is 6.09 Å². The first kappa shape index (κ1) is 24.0. The zero-order valence-corrected chi connectivity index (χ0v) is 19.5. The zero-order chi connectivity index (χ0) is 23.3. The topological polar surface area (TPSA) is 85.4 Å². The third-order valence-corrected chi connectivity index (χ3v) is 6.09. The Morgan fingerprint density at radius 1 is 0.875 bits per heavy atom. The lowest BCUT2D eigenvalue weighted by Gasteiger charge is -2.39. The first-order chi connectivity index (χ1) is 15.2. The molecule has 8 nitrogen and oxygen atoms in total. The molecule has 0 unspecified atom stereocenters. The van der Waals surface area contributed by atoms with Crippen molar-refractivity contribution in [3.05, 3.63) is 35.4 Å². The Morgan fingerprint density at radius 3 is 1.94 bits per heavy atom. The van der Waals surface area contributed by atoms with Gasteiger partial charge in [0.1, 0.15) is 5.60 Å². The molecule has 0 saturated carbocycles. The van der Waals surface area contributed by atoms with Crippen LogP contribution in [-0.2, 0) is 14.3 Å². The summed E-state index contributed by atoms with van der Waals surface area (Å²) in [6.07, 6.45) is 3.63. The number of ether oxygens (including phenoxy) is 2. The summed E-state index contributed by atoms with van der Waals surface area (Å²) in [4.78, 5) is 43.8. The molecule has 0 bridgehead atoms. The van der Waals surface area contributed by atoms with Crippen molar-refractivity contribution in [3.8, 4) is 0 Å². The predicted molar refractivity (Wildman–Crippen MR) is 118 cm³/mol. The number of nitrogens with zero attached hydrogens (tertiary/aromatic N) is 2. The van der Waals surface area contributed by atoms with Gasteiger partial charge in [-0.15, -0.1) is 5.06 Å². The van der Waals surface area contributed by atoms with E-state index in [2.05, 4.69) is 0 Å². The van der Waals surface area contributed by atoms with Gasteiger partial charge in [-0.25, -0.2) is 14.4 Å². The lowest BCUT2D eigenvalue weighted by molar-refractivity contribution is -0.130. The molecular formula is C24H34N2O6. The molecular weight excluding hydrogens is 412 g/mol. The van der Waals surface area contributed by atoms with Crippen LogP contribution >= 0.6 is 0 Å². The number of amides is 1. The van der Waals surface area contributed by atoms with Crippen molar-refractivity contribution in [2.45, 2.75) is 52.1 Å². The number of methoxy groups -OCH3 is 1. The van der Waals surface area contributed by atoms with Gasteiger partial charge in [0.25, 0.3) is 0 Å². The molecule has 1 aromatic rings. The molecule has 0 aromatic heterocycles. The molecule has 2 aliphatic heterocycles. The van der Waals surface area contributed by atoms with Crippen molar-refractivity contribution in [2.24, 2.45) is 11.8 Å². The number of benzene rings is 1. The van der Waals surface area contributed by atoms with Crippen LogP contribution in [0.2, 0.25) is 0 Å². The van der Waals surface area contributed by atoms with Crippen LogP contribution in [0.1, 0.15) is 67.2 Å². The van der Waals surface area contributed by atoms with Crippen LogP contribution in [0.3, 0.4) is 0 Å². The second-order valence-corrected chi connectivity index (χ2v) is 9.52. The number of hydroxylamine groups is 2. The largest absolute Gasteiger partial charge is 0.465 e. The Hall–Kier alpha value is -2.61. The van der Waals surface area contributed by atoms with E-state index >= 15 is 0 Å². The van der Waals surface area contributed by atoms with Crippen molar-refractivity contribution >= 4 is 18.0 Å². The number of carbonyl (C=O) groups is 3. The number of hydrogen-bond donors (Lipinski definition) is 0. The fourth-order valence-corrected chi connectivity index (χ4v) is 4.38. The maximum absolute atomic E-state index is 12.5. The summed E-state index contributed by atoms with van der Waals surface area (Å²) in [5.41, 5.74) is 0.168. The van der Waals surface area contributed by atoms with Gasteiger partial charge < -0.3 is 19.2 Å². The van der Waals surface area contributed by atoms with Gasteiger partial charge in [-0.05, 0) is 76.5 Å². The van der Waals surface area contributed by atoms with Crippen molar-refractivity contribution in [1.82, 2.24) is 9.96 Å². The summed E-state index contributed by atoms with van der Waals surface area (Å²) in [6.45, 7) is 8.46. The standard InChI is InChI=1S/C24H34N2O6/c1-24(2,3)31-23(29)25-12-8-17(9-13-25)18-10-14-26(15-11-18)32-22(28)20-7-5-6-19(16-20)21(27)30-4/h5-7,16-18H,8-15H2,1-4H3. The maximum Gasteiger partial charge on any atom is 0.410 e. The van der Waals surface area contributed by atoms with E-state index in [4.69, 9.17) is 14.3 Å². The van der Waals surface area contributed by atoms with Gasteiger partial charge in [-0.2, -0.15) is 0 Å². The number of likely N-dealkylation sites (tertiary alicyclic amines) is 1. The lowest BCUT2D eigenvalue weighted by Crippen LogP contribution is -2.44. The number of carbonyl (C=O) groups excluding carboxylic acids is 3. The first-order valence-electron chi connectivity index (χ1n) is 11.3. The molecule has 0 aliphatic carbocycles. The minimum Gasteiger partial charge on any atom is -0.465 e. The summed E-state index contributed by atoms with van der Waals surface area (Å²) in [5, 5.41) is 1.71. The zero-order valence-electron chi connectivity index (χ0n) is 19.5. The van der Waals surface area contributed by atoms with E-state index in [0.29, 0.717) is 36.1 Å². The smallest absolute Gasteiger partial charge is 0.410 e. The fraction of sp³-hybridized carbons (Fsp3) is 0.625. The van der Waals surface area contributed by atoms with Crippen LogP contribution in [-0.4, -0.2) is 66.9 Å². The van der Waals surface area contributed by atoms with E-state index in [9.17, 15) is 14.4 Å². The Balaban J connectivity index is 1.43. The molecule has 0 spiro atoms. The highest BCUT2D eigenvalue weighted by molar-refractivity contribution is 5.95. The van der Waals surface area contributed by atoms with Crippen LogP contribution in [0.4, 0.5) is 4.79 Å². The number of piperidine rings is 2. The third kappa shape index (κ3) is 6.45. The molecule has 2 heterocycles. The molecule has 2 saturated heterocycles. The van der Waals surface area contributed by atoms with Crippen molar-refractivity contribution in [3.63, 3.8) is 0 Å². The lowest BCUT2D eigenvalue weighted by atomic mass is 9.79. The van der Waals surface area contributed by atoms with E-state index in [1.54, 1.807) is 28.2 Å². The Labute approximate surface area is 189 Å². The van der Waals surface area contributed by atoms with Crippen LogP contribution in [0.25, 0.3) is 0 Å². The first-order valence-corrected chi connectivity index (χ1v) is 11.3. The van der Waals surface area contributed by atoms with E-state index < -0.39 is 17.5 Å². The minimum atomic E-state index is -0.488. The molecule has 1 amide bonds. The molecule has 1 aromatic carbocycles. The van der Waals surface area contributed by atoms with E-state index in [1.165, 1.54) is 13.2 Å². The van der Waals surface area contributed by atoms with Gasteiger partial charge in [0.15, 0.2) is 0 Å². The maximum atomic E-state index is 12.5. The summed E-state index contributed by atoms with van der Waals surface area (Å²) < 4.78 is 10.2. The van der Waals surface area contributed by atoms with E-state index in [0.717, 1.165) is 38.8 Å². The highest BCUT2D eigenvalue weighted by atomic mass is 16.7. The summed E-state index contributed by atoms with van der Waals surface area (Å²) in [6, 6.07) is 6.35. The van der Waals surface area contributed by atoms with Crippen LogP contribution in [0.5, 0.6) is 0 Å². The van der Waals surface area contributed by atoms with Crippen molar-refractivity contribution in [1.29, 1.82) is 0 Å². The molecule has 176 valence electrons. The molecule has 8 heteroatoms. The van der Waals surface area contributed by atoms with E-state index in [1.807, 2.05) is 20.8 Å². The highest BCUT2D eigenvalue weighted by Crippen LogP contribution is 2.33. The van der Waals surface area contributed by atoms with Crippen LogP contribution in [0, 0.1) is 11.8 Å². The molecule has 2 fully saturated rings. The predicted octanol–water partition coefficient (Wildman–Crippen LogP) is 3.90. The van der Waals surface area contributed by atoms with Crippen molar-refractivity contribution < 1.29 is 28.7 Å². The molecule has 3 rings (SSSR count). The third-order valence-electron chi connectivity index (χ3n) is 6.09. The summed E-state index contributed by atoms with van der Waals surface area (Å²) in [7, 11) is 1.30. The second-order valence-electron chi connectivity index (χ2n) is 9.52. The van der Waals surface area contributed by atoms with Crippen LogP contribution in [0.15, 0.2) is 24.3 Å². The summed E-state index contributed by atoms with van der Waals surface area (Å²) >= 11 is 0. The number of esters is 1. The van der Waals surface area contributed by atoms with Gasteiger partial charge in [-0.1, -0.05) is 6.07 Å². The Bertz CT molecular complexity index is 818. The molecule has 0 atom stereocenters. The molecule has 0 radical (unpaired) electrons. The second kappa shape index (κ2) is 10.3. The van der Waals surface area contributed by atoms with Gasteiger partial charge in [0.05, 0.1) is 18.2 Å². The van der Waals surface area contributed by atoms with Gasteiger partial charge in [-0.3, -0.25) is 0 Å². The highest BCUT2D eigenvalue weighted by Gasteiger charge is 2.33. The number of hydrogen-bond acceptors (Lipinski definition) is 7. The van der Waals surface area contributed by atoms with Gasteiger partial charge in [0.2, 0.25) is 0 Å². The normalized spacial score (nSPS) is 18.8. The SMILES string of the molecule is COC(=O)c1cccc(C(=O)ON2CCC(C3CCN(C(=O)OC(C)(C)C)CC3)CC2)c1. The quantitative estimate of drug-likeness (QED) is 0.648. The average Bonchev–Trinajstić information content (AvgIpc) is 2.78. The monoisotopic (exact) mass is 446 g/mol. The summed E-state index contributed by atoms with van der Waals surface area (Å²) in [5.74, 6) is 0.176. The Kier molecular flexibility index (Phi) is 7.77. The van der Waals surface area contributed by atoms with Gasteiger partial charge in [0, 0.05) is 26.2 Å². The average molecular weight is 447 g/mol. The molecule has 2 aliphatic rings. The fourth-order valence-electron chi connectivity index (χ4n) is 4.38. The molecule has 0 N–H and O–H groups in total. The number of rotatable bonds is 4. The Morgan fingerprint density at radius 2 is 1.41 bits per heavy atom. The van der Waals surface area contributed by atoms with Crippen molar-refractivity contribution in [2.75, 3.05) is 33.3 Å².